The quantitative estimate of drug-likeness (QED) is 0.710. The Labute approximate surface area is 99.6 Å². The molecule has 1 nitrogen and oxygen atoms in total. The van der Waals surface area contributed by atoms with Crippen LogP contribution >= 0.6 is 0 Å². The van der Waals surface area contributed by atoms with E-state index in [1.54, 1.807) is 0 Å². The average molecular weight is 217 g/mol. The Morgan fingerprint density at radius 1 is 1.06 bits per heavy atom. The maximum Gasteiger partial charge on any atom is -0.00379 e. The normalized spacial score (nSPS) is 23.4. The first-order valence-corrected chi connectivity index (χ1v) is 6.02. The van der Waals surface area contributed by atoms with Crippen molar-refractivity contribution in [2.45, 2.75) is 31.6 Å². The van der Waals surface area contributed by atoms with Crippen LogP contribution in [0.5, 0.6) is 0 Å². The molecule has 0 bridgehead atoms. The highest BCUT2D eigenvalue weighted by atomic mass is 14.7. The highest BCUT2D eigenvalue weighted by Crippen LogP contribution is 2.35. The Kier molecular flexibility index (Phi) is 5.27. The Bertz CT molecular complexity index is 315. The molecule has 0 fully saturated rings. The van der Waals surface area contributed by atoms with Crippen molar-refractivity contribution in [2.24, 2.45) is 0 Å². The van der Waals surface area contributed by atoms with E-state index in [0.717, 1.165) is 0 Å². The van der Waals surface area contributed by atoms with E-state index < -0.39 is 0 Å². The van der Waals surface area contributed by atoms with Crippen LogP contribution in [0.25, 0.3) is 0 Å². The topological polar surface area (TPSA) is 12.0 Å². The lowest BCUT2D eigenvalue weighted by Crippen LogP contribution is -2.22. The molecule has 1 atom stereocenters. The van der Waals surface area contributed by atoms with E-state index >= 15 is 0 Å². The van der Waals surface area contributed by atoms with Crippen LogP contribution in [0, 0.1) is 0 Å². The first kappa shape index (κ1) is 13.0. The van der Waals surface area contributed by atoms with Crippen molar-refractivity contribution in [3.8, 4) is 0 Å². The van der Waals surface area contributed by atoms with E-state index in [2.05, 4.69) is 54.7 Å². The summed E-state index contributed by atoms with van der Waals surface area (Å²) in [5.41, 5.74) is 1.87. The van der Waals surface area contributed by atoms with E-state index in [9.17, 15) is 0 Å². The Balaban J connectivity index is 0.000000386. The van der Waals surface area contributed by atoms with E-state index in [-0.39, 0.29) is 0 Å². The summed E-state index contributed by atoms with van der Waals surface area (Å²) in [5.74, 6) is 0. The standard InChI is InChI=1S/C13H16.C2H7N/c1-13(10-6-3-7-11-13)12-8-4-2-5-9-12;1-3-2/h2-6,8-9H,7,10-11H2,1H3;3H,1-2H3. The van der Waals surface area contributed by atoms with Crippen molar-refractivity contribution in [1.29, 1.82) is 0 Å². The van der Waals surface area contributed by atoms with Crippen molar-refractivity contribution in [3.63, 3.8) is 0 Å². The second-order valence-electron chi connectivity index (χ2n) is 4.64. The predicted octanol–water partition coefficient (Wildman–Crippen LogP) is 3.52. The number of rotatable bonds is 1. The third-order valence-corrected chi connectivity index (χ3v) is 3.07. The molecule has 2 rings (SSSR count). The van der Waals surface area contributed by atoms with Gasteiger partial charge in [0.2, 0.25) is 0 Å². The fourth-order valence-corrected chi connectivity index (χ4v) is 2.07. The Hall–Kier alpha value is -1.08. The lowest BCUT2D eigenvalue weighted by Gasteiger charge is -2.31. The fourth-order valence-electron chi connectivity index (χ4n) is 2.07. The van der Waals surface area contributed by atoms with Crippen LogP contribution in [-0.2, 0) is 5.41 Å². The van der Waals surface area contributed by atoms with Gasteiger partial charge in [0.15, 0.2) is 0 Å². The number of allylic oxidation sites excluding steroid dienone is 2. The minimum absolute atomic E-state index is 0.385. The van der Waals surface area contributed by atoms with Gasteiger partial charge in [-0.25, -0.2) is 0 Å². The van der Waals surface area contributed by atoms with Gasteiger partial charge in [-0.1, -0.05) is 49.4 Å². The zero-order valence-corrected chi connectivity index (χ0v) is 10.7. The third kappa shape index (κ3) is 3.49. The van der Waals surface area contributed by atoms with Crippen LogP contribution in [-0.4, -0.2) is 14.1 Å². The fraction of sp³-hybridized carbons (Fsp3) is 0.467. The average Bonchev–Trinajstić information content (AvgIpc) is 2.32. The molecule has 1 aliphatic rings. The van der Waals surface area contributed by atoms with Gasteiger partial charge in [0, 0.05) is 0 Å². The van der Waals surface area contributed by atoms with Crippen molar-refractivity contribution < 1.29 is 0 Å². The minimum atomic E-state index is 0.385. The molecule has 0 saturated carbocycles. The molecule has 0 aliphatic heterocycles. The maximum absolute atomic E-state index is 2.75. The number of hydrogen-bond acceptors (Lipinski definition) is 1. The van der Waals surface area contributed by atoms with E-state index in [1.165, 1.54) is 24.8 Å². The minimum Gasteiger partial charge on any atom is -0.323 e. The zero-order valence-electron chi connectivity index (χ0n) is 10.7. The van der Waals surface area contributed by atoms with Gasteiger partial charge in [0.25, 0.3) is 0 Å². The molecule has 1 heteroatoms. The molecule has 1 aliphatic carbocycles. The van der Waals surface area contributed by atoms with Crippen LogP contribution < -0.4 is 5.32 Å². The molecular formula is C15H23N. The summed E-state index contributed by atoms with van der Waals surface area (Å²) < 4.78 is 0. The van der Waals surface area contributed by atoms with Gasteiger partial charge in [0.1, 0.15) is 0 Å². The van der Waals surface area contributed by atoms with Crippen molar-refractivity contribution in [1.82, 2.24) is 5.32 Å². The first-order valence-electron chi connectivity index (χ1n) is 6.02. The van der Waals surface area contributed by atoms with Crippen LogP contribution in [0.2, 0.25) is 0 Å². The van der Waals surface area contributed by atoms with Crippen LogP contribution in [0.1, 0.15) is 31.7 Å². The summed E-state index contributed by atoms with van der Waals surface area (Å²) >= 11 is 0. The number of hydrogen-bond donors (Lipinski definition) is 1. The largest absolute Gasteiger partial charge is 0.323 e. The summed E-state index contributed by atoms with van der Waals surface area (Å²) in [7, 11) is 3.75. The summed E-state index contributed by atoms with van der Waals surface area (Å²) in [4.78, 5) is 0. The molecule has 0 amide bonds. The number of nitrogens with one attached hydrogen (secondary N) is 1. The lowest BCUT2D eigenvalue weighted by molar-refractivity contribution is 0.428. The number of benzene rings is 1. The molecule has 0 heterocycles. The van der Waals surface area contributed by atoms with Gasteiger partial charge >= 0.3 is 0 Å². The van der Waals surface area contributed by atoms with Crippen LogP contribution in [0.3, 0.4) is 0 Å². The van der Waals surface area contributed by atoms with Gasteiger partial charge in [-0.3, -0.25) is 0 Å². The zero-order chi connectivity index (χ0) is 11.9. The SMILES string of the molecule is CC1(c2ccccc2)CC=CCC1.CNC. The smallest absolute Gasteiger partial charge is 0.00379 e. The summed E-state index contributed by atoms with van der Waals surface area (Å²) in [6, 6.07) is 10.9. The molecule has 1 aromatic rings. The molecule has 0 radical (unpaired) electrons. The summed E-state index contributed by atoms with van der Waals surface area (Å²) in [5, 5.41) is 2.75. The van der Waals surface area contributed by atoms with E-state index in [4.69, 9.17) is 0 Å². The van der Waals surface area contributed by atoms with Gasteiger partial charge in [0.05, 0.1) is 0 Å². The summed E-state index contributed by atoms with van der Waals surface area (Å²) in [6.45, 7) is 2.37. The van der Waals surface area contributed by atoms with Crippen LogP contribution in [0.4, 0.5) is 0 Å². The molecule has 1 aromatic carbocycles. The molecule has 0 spiro atoms. The second kappa shape index (κ2) is 6.49. The van der Waals surface area contributed by atoms with Gasteiger partial charge in [-0.2, -0.15) is 0 Å². The Morgan fingerprint density at radius 3 is 2.19 bits per heavy atom. The first-order chi connectivity index (χ1) is 7.73. The monoisotopic (exact) mass is 217 g/mol. The van der Waals surface area contributed by atoms with Crippen molar-refractivity contribution >= 4 is 0 Å². The molecule has 88 valence electrons. The van der Waals surface area contributed by atoms with Crippen molar-refractivity contribution in [3.05, 3.63) is 48.0 Å². The highest BCUT2D eigenvalue weighted by Gasteiger charge is 2.25. The van der Waals surface area contributed by atoms with Gasteiger partial charge in [-0.05, 0) is 44.3 Å². The molecule has 0 aromatic heterocycles. The third-order valence-electron chi connectivity index (χ3n) is 3.07. The lowest BCUT2D eigenvalue weighted by atomic mass is 9.73. The van der Waals surface area contributed by atoms with E-state index in [0.29, 0.717) is 5.41 Å². The van der Waals surface area contributed by atoms with Gasteiger partial charge in [-0.15, -0.1) is 0 Å². The van der Waals surface area contributed by atoms with E-state index in [1.807, 2.05) is 14.1 Å². The second-order valence-corrected chi connectivity index (χ2v) is 4.64. The maximum atomic E-state index is 2.75. The van der Waals surface area contributed by atoms with Crippen LogP contribution in [0.15, 0.2) is 42.5 Å². The molecule has 16 heavy (non-hydrogen) atoms. The molecular weight excluding hydrogens is 194 g/mol. The molecule has 0 saturated heterocycles. The summed E-state index contributed by atoms with van der Waals surface area (Å²) in [6.07, 6.45) is 8.32. The van der Waals surface area contributed by atoms with Gasteiger partial charge < -0.3 is 5.32 Å². The Morgan fingerprint density at radius 2 is 1.69 bits per heavy atom. The molecule has 1 unspecified atom stereocenters. The molecule has 1 N–H and O–H groups in total. The highest BCUT2D eigenvalue weighted by molar-refractivity contribution is 5.26. The predicted molar refractivity (Wildman–Crippen MR) is 71.8 cm³/mol. The van der Waals surface area contributed by atoms with Crippen molar-refractivity contribution in [2.75, 3.05) is 14.1 Å².